The minimum absolute atomic E-state index is 0.0896. The van der Waals surface area contributed by atoms with Gasteiger partial charge in [-0.15, -0.1) is 0 Å². The van der Waals surface area contributed by atoms with Crippen molar-refractivity contribution in [1.29, 1.82) is 0 Å². The van der Waals surface area contributed by atoms with Crippen LogP contribution < -0.4 is 5.73 Å². The highest BCUT2D eigenvalue weighted by Gasteiger charge is 1.99. The maximum atomic E-state index is 10.2. The molecule has 0 aliphatic carbocycles. The molecular formula is C8H8ClN3O2. The van der Waals surface area contributed by atoms with Crippen molar-refractivity contribution < 1.29 is 9.90 Å². The van der Waals surface area contributed by atoms with Crippen molar-refractivity contribution in [3.8, 4) is 0 Å². The molecule has 0 aliphatic heterocycles. The van der Waals surface area contributed by atoms with Crippen molar-refractivity contribution in [1.82, 2.24) is 9.97 Å². The van der Waals surface area contributed by atoms with Gasteiger partial charge in [-0.3, -0.25) is 4.79 Å². The largest absolute Gasteiger partial charge is 0.481 e. The number of aliphatic carboxylic acids is 1. The Labute approximate surface area is 85.2 Å². The summed E-state index contributed by atoms with van der Waals surface area (Å²) < 4.78 is 0. The second-order valence-electron chi connectivity index (χ2n) is 2.46. The summed E-state index contributed by atoms with van der Waals surface area (Å²) in [5.74, 6) is -0.703. The molecule has 0 saturated heterocycles. The molecule has 0 fully saturated rings. The van der Waals surface area contributed by atoms with Crippen molar-refractivity contribution >= 4 is 29.5 Å². The zero-order valence-electron chi connectivity index (χ0n) is 7.14. The quantitative estimate of drug-likeness (QED) is 0.788. The highest BCUT2D eigenvalue weighted by atomic mass is 35.5. The average molecular weight is 214 g/mol. The first kappa shape index (κ1) is 10.5. The monoisotopic (exact) mass is 213 g/mol. The van der Waals surface area contributed by atoms with E-state index in [1.165, 1.54) is 18.3 Å². The van der Waals surface area contributed by atoms with E-state index in [0.717, 1.165) is 0 Å². The molecule has 0 atom stereocenters. The van der Waals surface area contributed by atoms with Gasteiger partial charge >= 0.3 is 5.97 Å². The molecule has 0 unspecified atom stereocenters. The lowest BCUT2D eigenvalue weighted by atomic mass is 10.3. The zero-order valence-corrected chi connectivity index (χ0v) is 7.90. The summed E-state index contributed by atoms with van der Waals surface area (Å²) in [5, 5.41) is 8.59. The lowest BCUT2D eigenvalue weighted by Gasteiger charge is -1.97. The van der Waals surface area contributed by atoms with Gasteiger partial charge in [0.15, 0.2) is 0 Å². The first-order chi connectivity index (χ1) is 6.59. The van der Waals surface area contributed by atoms with E-state index in [-0.39, 0.29) is 17.4 Å². The average Bonchev–Trinajstić information content (AvgIpc) is 2.10. The predicted molar refractivity (Wildman–Crippen MR) is 52.7 cm³/mol. The van der Waals surface area contributed by atoms with Crippen LogP contribution >= 0.6 is 11.6 Å². The fourth-order valence-electron chi connectivity index (χ4n) is 0.784. The number of anilines is 1. The number of nitrogens with two attached hydrogens (primary N) is 1. The molecule has 14 heavy (non-hydrogen) atoms. The number of rotatable bonds is 3. The minimum atomic E-state index is -0.921. The summed E-state index contributed by atoms with van der Waals surface area (Å²) in [6.45, 7) is 0. The molecule has 1 aromatic rings. The maximum Gasteiger partial charge on any atom is 0.307 e. The van der Waals surface area contributed by atoms with E-state index in [9.17, 15) is 4.79 Å². The molecule has 0 spiro atoms. The fraction of sp³-hybridized carbons (Fsp3) is 0.125. The molecule has 0 radical (unpaired) electrons. The van der Waals surface area contributed by atoms with Crippen LogP contribution in [0.2, 0.25) is 5.15 Å². The second-order valence-corrected chi connectivity index (χ2v) is 2.85. The number of carbonyl (C=O) groups is 1. The van der Waals surface area contributed by atoms with Crippen LogP contribution in [0.3, 0.4) is 0 Å². The fourth-order valence-corrected chi connectivity index (χ4v) is 0.924. The molecule has 0 bridgehead atoms. The van der Waals surface area contributed by atoms with Crippen LogP contribution in [0.4, 0.5) is 5.82 Å². The van der Waals surface area contributed by atoms with Gasteiger partial charge in [0.25, 0.3) is 0 Å². The van der Waals surface area contributed by atoms with Crippen molar-refractivity contribution in [3.63, 3.8) is 0 Å². The van der Waals surface area contributed by atoms with Crippen molar-refractivity contribution in [2.45, 2.75) is 6.42 Å². The molecule has 0 saturated carbocycles. The summed E-state index contributed by atoms with van der Waals surface area (Å²) in [4.78, 5) is 17.8. The number of aromatic nitrogens is 2. The van der Waals surface area contributed by atoms with Crippen LogP contribution in [0.1, 0.15) is 12.1 Å². The number of nitrogen functional groups attached to an aromatic ring is 1. The number of carboxylic acids is 1. The standard InChI is InChI=1S/C8H8ClN3O2/c9-6-4-11-8(10)5(12-6)2-1-3-7(13)14/h1-2,4H,3H2,(H2,10,11)(H,13,14). The third-order valence-electron chi connectivity index (χ3n) is 1.37. The first-order valence-electron chi connectivity index (χ1n) is 3.76. The van der Waals surface area contributed by atoms with E-state index < -0.39 is 5.97 Å². The molecule has 1 heterocycles. The van der Waals surface area contributed by atoms with Crippen molar-refractivity contribution in [2.24, 2.45) is 0 Å². The zero-order chi connectivity index (χ0) is 10.6. The first-order valence-corrected chi connectivity index (χ1v) is 4.13. The Morgan fingerprint density at radius 2 is 2.43 bits per heavy atom. The van der Waals surface area contributed by atoms with Gasteiger partial charge in [-0.25, -0.2) is 9.97 Å². The normalized spacial score (nSPS) is 10.6. The SMILES string of the molecule is Nc1ncc(Cl)nc1C=CCC(=O)O. The van der Waals surface area contributed by atoms with Gasteiger partial charge in [0, 0.05) is 0 Å². The molecule has 6 heteroatoms. The van der Waals surface area contributed by atoms with Gasteiger partial charge in [0.05, 0.1) is 12.6 Å². The van der Waals surface area contributed by atoms with Crippen LogP contribution in [-0.4, -0.2) is 21.0 Å². The summed E-state index contributed by atoms with van der Waals surface area (Å²) >= 11 is 5.58. The third kappa shape index (κ3) is 3.02. The lowest BCUT2D eigenvalue weighted by Crippen LogP contribution is -1.97. The number of nitrogens with zero attached hydrogens (tertiary/aromatic N) is 2. The minimum Gasteiger partial charge on any atom is -0.481 e. The van der Waals surface area contributed by atoms with E-state index in [1.807, 2.05) is 0 Å². The summed E-state index contributed by atoms with van der Waals surface area (Å²) in [5.41, 5.74) is 5.85. The Kier molecular flexibility index (Phi) is 3.41. The molecule has 0 amide bonds. The molecular weight excluding hydrogens is 206 g/mol. The molecule has 0 aromatic carbocycles. The van der Waals surface area contributed by atoms with E-state index in [0.29, 0.717) is 5.69 Å². The Hall–Kier alpha value is -1.62. The third-order valence-corrected chi connectivity index (χ3v) is 1.55. The highest BCUT2D eigenvalue weighted by molar-refractivity contribution is 6.29. The van der Waals surface area contributed by atoms with Gasteiger partial charge < -0.3 is 10.8 Å². The smallest absolute Gasteiger partial charge is 0.307 e. The molecule has 1 aromatic heterocycles. The van der Waals surface area contributed by atoms with Gasteiger partial charge in [-0.05, 0) is 6.08 Å². The van der Waals surface area contributed by atoms with E-state index in [4.69, 9.17) is 22.4 Å². The van der Waals surface area contributed by atoms with Crippen molar-refractivity contribution in [2.75, 3.05) is 5.73 Å². The highest BCUT2D eigenvalue weighted by Crippen LogP contribution is 2.11. The van der Waals surface area contributed by atoms with E-state index in [2.05, 4.69) is 9.97 Å². The van der Waals surface area contributed by atoms with Gasteiger partial charge in [0.2, 0.25) is 0 Å². The Morgan fingerprint density at radius 1 is 1.71 bits per heavy atom. The second kappa shape index (κ2) is 4.57. The predicted octanol–water partition coefficient (Wildman–Crippen LogP) is 1.20. The van der Waals surface area contributed by atoms with Gasteiger partial charge in [-0.1, -0.05) is 17.7 Å². The molecule has 3 N–H and O–H groups in total. The molecule has 0 aliphatic rings. The number of hydrogen-bond acceptors (Lipinski definition) is 4. The van der Waals surface area contributed by atoms with Crippen molar-refractivity contribution in [3.05, 3.63) is 23.1 Å². The summed E-state index contributed by atoms with van der Waals surface area (Å²) in [7, 11) is 0. The van der Waals surface area contributed by atoms with Crippen LogP contribution in [0.25, 0.3) is 6.08 Å². The Balaban J connectivity index is 2.80. The van der Waals surface area contributed by atoms with Gasteiger partial charge in [0.1, 0.15) is 16.7 Å². The van der Waals surface area contributed by atoms with Crippen LogP contribution in [0, 0.1) is 0 Å². The van der Waals surface area contributed by atoms with E-state index >= 15 is 0 Å². The van der Waals surface area contributed by atoms with Gasteiger partial charge in [-0.2, -0.15) is 0 Å². The summed E-state index contributed by atoms with van der Waals surface area (Å²) in [6, 6.07) is 0. The molecule has 5 nitrogen and oxygen atoms in total. The number of hydrogen-bond donors (Lipinski definition) is 2. The number of halogens is 1. The number of carboxylic acid groups (broad SMARTS) is 1. The van der Waals surface area contributed by atoms with Crippen LogP contribution in [-0.2, 0) is 4.79 Å². The maximum absolute atomic E-state index is 10.2. The molecule has 74 valence electrons. The summed E-state index contributed by atoms with van der Waals surface area (Å²) in [6.07, 6.45) is 4.14. The molecule has 1 rings (SSSR count). The van der Waals surface area contributed by atoms with Crippen LogP contribution in [0.15, 0.2) is 12.3 Å². The topological polar surface area (TPSA) is 89.1 Å². The Morgan fingerprint density at radius 3 is 3.07 bits per heavy atom. The lowest BCUT2D eigenvalue weighted by molar-refractivity contribution is -0.135. The van der Waals surface area contributed by atoms with Crippen LogP contribution in [0.5, 0.6) is 0 Å². The van der Waals surface area contributed by atoms with E-state index in [1.54, 1.807) is 0 Å². The Bertz CT molecular complexity index is 379.